The zero-order chi connectivity index (χ0) is 30.4. The Labute approximate surface area is 262 Å². The predicted octanol–water partition coefficient (Wildman–Crippen LogP) is 5.67. The van der Waals surface area contributed by atoms with Gasteiger partial charge in [-0.05, 0) is 73.8 Å². The number of rotatable bonds is 17. The summed E-state index contributed by atoms with van der Waals surface area (Å²) in [6, 6.07) is 23.0. The van der Waals surface area contributed by atoms with E-state index >= 15 is 0 Å². The third kappa shape index (κ3) is 9.11. The van der Waals surface area contributed by atoms with E-state index in [1.165, 1.54) is 16.8 Å². The van der Waals surface area contributed by atoms with Crippen LogP contribution in [0.4, 0.5) is 5.69 Å². The highest BCUT2D eigenvalue weighted by molar-refractivity contribution is 5.61. The van der Waals surface area contributed by atoms with Gasteiger partial charge >= 0.3 is 0 Å². The molecule has 3 aromatic rings. The minimum Gasteiger partial charge on any atom is -0.496 e. The molecule has 0 amide bonds. The van der Waals surface area contributed by atoms with Gasteiger partial charge in [0, 0.05) is 31.0 Å². The van der Waals surface area contributed by atoms with E-state index in [4.69, 9.17) is 29.4 Å². The van der Waals surface area contributed by atoms with Crippen molar-refractivity contribution in [1.29, 1.82) is 0 Å². The molecule has 44 heavy (non-hydrogen) atoms. The Morgan fingerprint density at radius 1 is 0.955 bits per heavy atom. The number of piperidine rings is 1. The number of unbranched alkanes of at least 4 members (excludes halogenated alkanes) is 2. The summed E-state index contributed by atoms with van der Waals surface area (Å²) >= 11 is 0. The van der Waals surface area contributed by atoms with Gasteiger partial charge < -0.3 is 39.6 Å². The molecule has 0 aliphatic carbocycles. The maximum absolute atomic E-state index is 6.57. The third-order valence-corrected chi connectivity index (χ3v) is 8.47. The van der Waals surface area contributed by atoms with Crippen LogP contribution in [0.5, 0.6) is 17.2 Å². The average Bonchev–Trinajstić information content (AvgIpc) is 3.08. The molecule has 2 atom stereocenters. The summed E-state index contributed by atoms with van der Waals surface area (Å²) in [4.78, 5) is 2.45. The lowest BCUT2D eigenvalue weighted by atomic mass is 9.87. The van der Waals surface area contributed by atoms with Crippen LogP contribution in [-0.2, 0) is 22.7 Å². The lowest BCUT2D eigenvalue weighted by molar-refractivity contribution is 0.0106. The van der Waals surface area contributed by atoms with Crippen molar-refractivity contribution in [3.05, 3.63) is 83.4 Å². The Morgan fingerprint density at radius 2 is 1.84 bits per heavy atom. The lowest BCUT2D eigenvalue weighted by Gasteiger charge is -2.33. The van der Waals surface area contributed by atoms with Crippen LogP contribution >= 0.6 is 0 Å². The van der Waals surface area contributed by atoms with Gasteiger partial charge in [0.15, 0.2) is 0 Å². The van der Waals surface area contributed by atoms with Crippen LogP contribution in [0.1, 0.15) is 54.7 Å². The molecule has 2 unspecified atom stereocenters. The van der Waals surface area contributed by atoms with Gasteiger partial charge in [0.25, 0.3) is 0 Å². The van der Waals surface area contributed by atoms with Gasteiger partial charge in [-0.3, -0.25) is 0 Å². The zero-order valence-corrected chi connectivity index (χ0v) is 26.2. The van der Waals surface area contributed by atoms with E-state index < -0.39 is 0 Å². The van der Waals surface area contributed by atoms with Crippen molar-refractivity contribution in [2.24, 2.45) is 5.73 Å². The summed E-state index contributed by atoms with van der Waals surface area (Å²) in [5.41, 5.74) is 10.4. The number of hydrogen-bond acceptors (Lipinski definition) is 8. The standard InChI is InChI=1S/C36H49N3O5/c1-40-34-9-4-3-8-30(34)27-41-21-7-22-42-31-13-11-29(12-14-31)32-16-18-38-25-36(32)44-26-28-10-15-35-33(24-28)39(20-23-43-35)19-6-2-5-17-37/h3-4,8-15,24,32,36,38H,2,5-7,16-23,25-27,37H2,1H3. The zero-order valence-electron chi connectivity index (χ0n) is 26.2. The van der Waals surface area contributed by atoms with Gasteiger partial charge in [-0.15, -0.1) is 0 Å². The fourth-order valence-electron chi connectivity index (χ4n) is 6.02. The lowest BCUT2D eigenvalue weighted by Crippen LogP contribution is -2.41. The fraction of sp³-hybridized carbons (Fsp3) is 0.500. The highest BCUT2D eigenvalue weighted by Gasteiger charge is 2.27. The molecule has 8 nitrogen and oxygen atoms in total. The third-order valence-electron chi connectivity index (χ3n) is 8.47. The Hall–Kier alpha value is -3.30. The Kier molecular flexibility index (Phi) is 12.6. The molecule has 0 aromatic heterocycles. The average molecular weight is 604 g/mol. The number of benzene rings is 3. The molecule has 0 radical (unpaired) electrons. The van der Waals surface area contributed by atoms with Gasteiger partial charge in [0.05, 0.1) is 51.9 Å². The number of nitrogens with two attached hydrogens (primary N) is 1. The quantitative estimate of drug-likeness (QED) is 0.191. The summed E-state index contributed by atoms with van der Waals surface area (Å²) in [5.74, 6) is 3.05. The number of hydrogen-bond donors (Lipinski definition) is 2. The predicted molar refractivity (Wildman–Crippen MR) is 175 cm³/mol. The largest absolute Gasteiger partial charge is 0.496 e. The van der Waals surface area contributed by atoms with Gasteiger partial charge in [-0.1, -0.05) is 42.8 Å². The molecule has 3 N–H and O–H groups in total. The van der Waals surface area contributed by atoms with Gasteiger partial charge in [0.2, 0.25) is 0 Å². The molecule has 8 heteroatoms. The van der Waals surface area contributed by atoms with Crippen molar-refractivity contribution >= 4 is 5.69 Å². The van der Waals surface area contributed by atoms with Gasteiger partial charge in [-0.2, -0.15) is 0 Å². The number of fused-ring (bicyclic) bond motifs is 1. The molecular weight excluding hydrogens is 554 g/mol. The van der Waals surface area contributed by atoms with Gasteiger partial charge in [0.1, 0.15) is 23.9 Å². The van der Waals surface area contributed by atoms with Gasteiger partial charge in [-0.25, -0.2) is 0 Å². The molecule has 0 bridgehead atoms. The van der Waals surface area contributed by atoms with Crippen molar-refractivity contribution in [3.8, 4) is 17.2 Å². The topological polar surface area (TPSA) is 87.4 Å². The van der Waals surface area contributed by atoms with E-state index in [1.54, 1.807) is 7.11 Å². The Morgan fingerprint density at radius 3 is 2.70 bits per heavy atom. The Balaban J connectivity index is 1.08. The summed E-state index contributed by atoms with van der Waals surface area (Å²) < 4.78 is 29.7. The first-order valence-electron chi connectivity index (χ1n) is 16.2. The summed E-state index contributed by atoms with van der Waals surface area (Å²) in [7, 11) is 1.68. The number of nitrogens with one attached hydrogen (secondary N) is 1. The number of ether oxygens (including phenoxy) is 5. The second-order valence-electron chi connectivity index (χ2n) is 11.6. The summed E-state index contributed by atoms with van der Waals surface area (Å²) in [6.45, 7) is 7.65. The van der Waals surface area contributed by atoms with E-state index in [0.29, 0.717) is 32.3 Å². The van der Waals surface area contributed by atoms with E-state index in [1.807, 2.05) is 24.3 Å². The van der Waals surface area contributed by atoms with E-state index in [-0.39, 0.29) is 6.10 Å². The first-order valence-corrected chi connectivity index (χ1v) is 16.2. The second kappa shape index (κ2) is 17.3. The van der Waals surface area contributed by atoms with Crippen LogP contribution in [0.3, 0.4) is 0 Å². The maximum Gasteiger partial charge on any atom is 0.142 e. The van der Waals surface area contributed by atoms with Crippen LogP contribution in [-0.4, -0.2) is 65.8 Å². The fourth-order valence-corrected chi connectivity index (χ4v) is 6.02. The maximum atomic E-state index is 6.57. The van der Waals surface area contributed by atoms with E-state index in [0.717, 1.165) is 94.2 Å². The highest BCUT2D eigenvalue weighted by Crippen LogP contribution is 2.34. The Bertz CT molecular complexity index is 1270. The summed E-state index contributed by atoms with van der Waals surface area (Å²) in [5, 5.41) is 3.53. The van der Waals surface area contributed by atoms with Crippen molar-refractivity contribution < 1.29 is 23.7 Å². The molecule has 2 heterocycles. The summed E-state index contributed by atoms with van der Waals surface area (Å²) in [6.07, 6.45) is 5.37. The highest BCUT2D eigenvalue weighted by atomic mass is 16.5. The van der Waals surface area contributed by atoms with Crippen molar-refractivity contribution in [1.82, 2.24) is 5.32 Å². The monoisotopic (exact) mass is 603 g/mol. The first kappa shape index (κ1) is 32.1. The molecule has 3 aromatic carbocycles. The van der Waals surface area contributed by atoms with Crippen molar-refractivity contribution in [3.63, 3.8) is 0 Å². The van der Waals surface area contributed by atoms with Crippen LogP contribution in [0.15, 0.2) is 66.7 Å². The normalized spacial score (nSPS) is 18.0. The molecule has 2 aliphatic rings. The second-order valence-corrected chi connectivity index (χ2v) is 11.6. The molecule has 238 valence electrons. The minimum absolute atomic E-state index is 0.107. The van der Waals surface area contributed by atoms with Crippen LogP contribution in [0, 0.1) is 0 Å². The molecule has 0 spiro atoms. The smallest absolute Gasteiger partial charge is 0.142 e. The molecule has 1 fully saturated rings. The van der Waals surface area contributed by atoms with Crippen LogP contribution in [0.2, 0.25) is 0 Å². The van der Waals surface area contributed by atoms with E-state index in [9.17, 15) is 0 Å². The number of methoxy groups -OCH3 is 1. The molecule has 5 rings (SSSR count). The number of nitrogens with zero attached hydrogens (tertiary/aromatic N) is 1. The minimum atomic E-state index is 0.107. The number of anilines is 1. The van der Waals surface area contributed by atoms with Crippen LogP contribution in [0.25, 0.3) is 0 Å². The molecular formula is C36H49N3O5. The van der Waals surface area contributed by atoms with Crippen molar-refractivity contribution in [2.75, 3.05) is 64.6 Å². The molecule has 0 saturated carbocycles. The first-order chi connectivity index (χ1) is 21.7. The SMILES string of the molecule is COc1ccccc1COCCCOc1ccc(C2CCNCC2OCc2ccc3c(c2)N(CCCCCN)CCO3)cc1. The van der Waals surface area contributed by atoms with Crippen LogP contribution < -0.4 is 30.2 Å². The number of para-hydroxylation sites is 1. The molecule has 2 aliphatic heterocycles. The molecule has 1 saturated heterocycles. The van der Waals surface area contributed by atoms with E-state index in [2.05, 4.69) is 52.7 Å². The van der Waals surface area contributed by atoms with Crippen molar-refractivity contribution in [2.45, 2.75) is 57.3 Å².